The topological polar surface area (TPSA) is 88.8 Å². The second-order valence-electron chi connectivity index (χ2n) is 6.57. The number of nitrogens with zero attached hydrogens (tertiary/aromatic N) is 1. The van der Waals surface area contributed by atoms with E-state index in [4.69, 9.17) is 19.3 Å². The van der Waals surface area contributed by atoms with Crippen LogP contribution in [-0.4, -0.2) is 25.3 Å². The van der Waals surface area contributed by atoms with Crippen LogP contribution in [0.15, 0.2) is 66.7 Å². The van der Waals surface area contributed by atoms with E-state index in [0.29, 0.717) is 28.4 Å². The van der Waals surface area contributed by atoms with Crippen molar-refractivity contribution in [3.05, 3.63) is 89.0 Å². The van der Waals surface area contributed by atoms with Gasteiger partial charge in [0.1, 0.15) is 12.4 Å². The largest absolute Gasteiger partial charge is 0.493 e. The fourth-order valence-corrected chi connectivity index (χ4v) is 2.98. The lowest BCUT2D eigenvalue weighted by molar-refractivity contribution is 0.0697. The van der Waals surface area contributed by atoms with Gasteiger partial charge < -0.3 is 19.3 Å². The lowest BCUT2D eigenvalue weighted by Gasteiger charge is -2.11. The van der Waals surface area contributed by atoms with Crippen molar-refractivity contribution in [2.24, 2.45) is 0 Å². The minimum Gasteiger partial charge on any atom is -0.493 e. The first-order valence-electron chi connectivity index (χ1n) is 9.44. The SMILES string of the molecule is COc1ccc(/C(C#N)=C/c2ccccc2OCc2ccc(C(=O)O)cc2)cc1OC. The van der Waals surface area contributed by atoms with Gasteiger partial charge in [-0.15, -0.1) is 0 Å². The minimum absolute atomic E-state index is 0.223. The van der Waals surface area contributed by atoms with Crippen molar-refractivity contribution in [1.82, 2.24) is 0 Å². The van der Waals surface area contributed by atoms with Crippen LogP contribution in [0, 0.1) is 11.3 Å². The van der Waals surface area contributed by atoms with E-state index in [2.05, 4.69) is 6.07 Å². The number of benzene rings is 3. The highest BCUT2D eigenvalue weighted by atomic mass is 16.5. The molecule has 0 heterocycles. The number of ether oxygens (including phenoxy) is 3. The van der Waals surface area contributed by atoms with Gasteiger partial charge in [-0.3, -0.25) is 0 Å². The summed E-state index contributed by atoms with van der Waals surface area (Å²) in [5.74, 6) is 0.761. The quantitative estimate of drug-likeness (QED) is 0.409. The Morgan fingerprint density at radius 2 is 1.61 bits per heavy atom. The maximum Gasteiger partial charge on any atom is 0.335 e. The molecule has 1 N–H and O–H groups in total. The molecule has 0 atom stereocenters. The molecule has 0 amide bonds. The van der Waals surface area contributed by atoms with Gasteiger partial charge in [0.05, 0.1) is 31.4 Å². The number of carboxylic acid groups (broad SMARTS) is 1. The molecule has 6 heteroatoms. The predicted molar refractivity (Wildman–Crippen MR) is 117 cm³/mol. The first-order valence-corrected chi connectivity index (χ1v) is 9.44. The van der Waals surface area contributed by atoms with E-state index in [1.54, 1.807) is 50.6 Å². The smallest absolute Gasteiger partial charge is 0.335 e. The van der Waals surface area contributed by atoms with E-state index in [1.807, 2.05) is 24.3 Å². The maximum atomic E-state index is 11.0. The number of methoxy groups -OCH3 is 2. The molecule has 0 spiro atoms. The zero-order chi connectivity index (χ0) is 22.2. The molecule has 156 valence electrons. The Hall–Kier alpha value is -4.24. The van der Waals surface area contributed by atoms with Crippen molar-refractivity contribution in [3.63, 3.8) is 0 Å². The van der Waals surface area contributed by atoms with E-state index in [0.717, 1.165) is 11.1 Å². The Balaban J connectivity index is 1.85. The molecule has 0 saturated carbocycles. The molecule has 0 aliphatic carbocycles. The van der Waals surface area contributed by atoms with Crippen molar-refractivity contribution in [2.45, 2.75) is 6.61 Å². The molecule has 0 aliphatic rings. The molecule has 6 nitrogen and oxygen atoms in total. The van der Waals surface area contributed by atoms with Gasteiger partial charge >= 0.3 is 5.97 Å². The number of carboxylic acids is 1. The van der Waals surface area contributed by atoms with Gasteiger partial charge in [-0.2, -0.15) is 5.26 Å². The first-order chi connectivity index (χ1) is 15.0. The Morgan fingerprint density at radius 3 is 2.26 bits per heavy atom. The Bertz CT molecular complexity index is 1140. The third-order valence-electron chi connectivity index (χ3n) is 4.63. The fourth-order valence-electron chi connectivity index (χ4n) is 2.98. The zero-order valence-electron chi connectivity index (χ0n) is 17.2. The molecule has 3 aromatic carbocycles. The van der Waals surface area contributed by atoms with Crippen LogP contribution in [0.3, 0.4) is 0 Å². The van der Waals surface area contributed by atoms with Crippen molar-refractivity contribution in [1.29, 1.82) is 5.26 Å². The van der Waals surface area contributed by atoms with Crippen LogP contribution in [-0.2, 0) is 6.61 Å². The van der Waals surface area contributed by atoms with Gasteiger partial charge in [-0.05, 0) is 53.6 Å². The summed E-state index contributed by atoms with van der Waals surface area (Å²) in [6, 6.07) is 21.4. The molecular formula is C25H21NO5. The van der Waals surface area contributed by atoms with E-state index in [9.17, 15) is 10.1 Å². The fraction of sp³-hybridized carbons (Fsp3) is 0.120. The van der Waals surface area contributed by atoms with Gasteiger partial charge in [0.15, 0.2) is 11.5 Å². The molecule has 3 rings (SSSR count). The van der Waals surface area contributed by atoms with Crippen LogP contribution in [0.4, 0.5) is 0 Å². The van der Waals surface area contributed by atoms with Crippen molar-refractivity contribution in [2.75, 3.05) is 14.2 Å². The summed E-state index contributed by atoms with van der Waals surface area (Å²) in [6.45, 7) is 0.267. The van der Waals surface area contributed by atoms with Gasteiger partial charge in [0, 0.05) is 5.56 Å². The lowest BCUT2D eigenvalue weighted by atomic mass is 10.0. The number of rotatable bonds is 8. The van der Waals surface area contributed by atoms with Gasteiger partial charge in [0.2, 0.25) is 0 Å². The van der Waals surface area contributed by atoms with Crippen LogP contribution in [0.25, 0.3) is 11.6 Å². The normalized spacial score (nSPS) is 10.8. The average molecular weight is 415 g/mol. The number of para-hydroxylation sites is 1. The zero-order valence-corrected chi connectivity index (χ0v) is 17.2. The Labute approximate surface area is 180 Å². The van der Waals surface area contributed by atoms with Crippen molar-refractivity contribution in [3.8, 4) is 23.3 Å². The molecule has 3 aromatic rings. The van der Waals surface area contributed by atoms with E-state index in [-0.39, 0.29) is 12.2 Å². The average Bonchev–Trinajstić information content (AvgIpc) is 2.81. The van der Waals surface area contributed by atoms with Gasteiger partial charge in [-0.25, -0.2) is 4.79 Å². The van der Waals surface area contributed by atoms with Crippen LogP contribution >= 0.6 is 0 Å². The van der Waals surface area contributed by atoms with Crippen LogP contribution in [0.5, 0.6) is 17.2 Å². The second-order valence-corrected chi connectivity index (χ2v) is 6.57. The third-order valence-corrected chi connectivity index (χ3v) is 4.63. The standard InChI is InChI=1S/C25H21NO5/c1-29-23-12-11-19(14-24(23)30-2)21(15-26)13-20-5-3-4-6-22(20)31-16-17-7-9-18(10-8-17)25(27)28/h3-14H,16H2,1-2H3,(H,27,28)/b21-13+. The molecule has 0 fully saturated rings. The summed E-state index contributed by atoms with van der Waals surface area (Å²) < 4.78 is 16.5. The summed E-state index contributed by atoms with van der Waals surface area (Å²) in [5, 5.41) is 18.7. The lowest BCUT2D eigenvalue weighted by Crippen LogP contribution is -1.99. The second kappa shape index (κ2) is 9.99. The summed E-state index contributed by atoms with van der Waals surface area (Å²) in [6.07, 6.45) is 1.75. The number of hydrogen-bond donors (Lipinski definition) is 1. The van der Waals surface area contributed by atoms with Gasteiger partial charge in [-0.1, -0.05) is 30.3 Å². The van der Waals surface area contributed by atoms with E-state index < -0.39 is 5.97 Å². The number of nitriles is 1. The molecule has 0 bridgehead atoms. The minimum atomic E-state index is -0.970. The molecule has 0 aliphatic heterocycles. The number of carbonyl (C=O) groups is 1. The number of aromatic carboxylic acids is 1. The monoisotopic (exact) mass is 415 g/mol. The van der Waals surface area contributed by atoms with Gasteiger partial charge in [0.25, 0.3) is 0 Å². The molecule has 0 radical (unpaired) electrons. The summed E-state index contributed by atoms with van der Waals surface area (Å²) in [7, 11) is 3.10. The molecule has 0 aromatic heterocycles. The highest BCUT2D eigenvalue weighted by Gasteiger charge is 2.10. The van der Waals surface area contributed by atoms with Crippen LogP contribution in [0.1, 0.15) is 27.0 Å². The maximum absolute atomic E-state index is 11.0. The highest BCUT2D eigenvalue weighted by Crippen LogP contribution is 2.32. The van der Waals surface area contributed by atoms with E-state index in [1.165, 1.54) is 12.1 Å². The summed E-state index contributed by atoms with van der Waals surface area (Å²) >= 11 is 0. The molecule has 31 heavy (non-hydrogen) atoms. The number of allylic oxidation sites excluding steroid dienone is 1. The van der Waals surface area contributed by atoms with E-state index >= 15 is 0 Å². The number of hydrogen-bond acceptors (Lipinski definition) is 5. The molecular weight excluding hydrogens is 394 g/mol. The third kappa shape index (κ3) is 5.22. The highest BCUT2D eigenvalue weighted by molar-refractivity contribution is 5.91. The molecule has 0 saturated heterocycles. The summed E-state index contributed by atoms with van der Waals surface area (Å²) in [4.78, 5) is 11.0. The Kier molecular flexibility index (Phi) is 6.92. The predicted octanol–water partition coefficient (Wildman–Crippen LogP) is 5.05. The molecule has 0 unspecified atom stereocenters. The van der Waals surface area contributed by atoms with Crippen molar-refractivity contribution >= 4 is 17.6 Å². The Morgan fingerprint density at radius 1 is 0.935 bits per heavy atom. The summed E-state index contributed by atoms with van der Waals surface area (Å²) in [5.41, 5.74) is 2.95. The van der Waals surface area contributed by atoms with Crippen LogP contribution in [0.2, 0.25) is 0 Å². The van der Waals surface area contributed by atoms with Crippen molar-refractivity contribution < 1.29 is 24.1 Å². The first kappa shape index (κ1) is 21.5. The van der Waals surface area contributed by atoms with Crippen LogP contribution < -0.4 is 14.2 Å².